The van der Waals surface area contributed by atoms with E-state index in [4.69, 9.17) is 23.7 Å². The molecule has 3 rings (SSSR count). The van der Waals surface area contributed by atoms with Gasteiger partial charge in [-0.1, -0.05) is 0 Å². The fourth-order valence-corrected chi connectivity index (χ4v) is 5.27. The summed E-state index contributed by atoms with van der Waals surface area (Å²) >= 11 is 0. The van der Waals surface area contributed by atoms with Crippen LogP contribution in [0.4, 0.5) is 0 Å². The quantitative estimate of drug-likeness (QED) is 0.107. The van der Waals surface area contributed by atoms with Gasteiger partial charge in [-0.3, -0.25) is 14.4 Å². The van der Waals surface area contributed by atoms with Gasteiger partial charge in [0.05, 0.1) is 19.8 Å². The summed E-state index contributed by atoms with van der Waals surface area (Å²) in [6.07, 6.45) is -19.2. The van der Waals surface area contributed by atoms with Crippen LogP contribution >= 0.6 is 0 Å². The van der Waals surface area contributed by atoms with Gasteiger partial charge in [-0.15, -0.1) is 0 Å². The van der Waals surface area contributed by atoms with E-state index in [-0.39, 0.29) is 0 Å². The zero-order valence-electron chi connectivity index (χ0n) is 23.6. The van der Waals surface area contributed by atoms with E-state index in [1.54, 1.807) is 0 Å². The molecule has 19 heteroatoms. The van der Waals surface area contributed by atoms with Crippen molar-refractivity contribution in [1.82, 2.24) is 16.0 Å². The molecule has 3 saturated heterocycles. The molecule has 248 valence electrons. The molecule has 0 aromatic carbocycles. The summed E-state index contributed by atoms with van der Waals surface area (Å²) in [6, 6.07) is -4.34. The fraction of sp³-hybridized carbons (Fsp3) is 0.875. The van der Waals surface area contributed by atoms with Gasteiger partial charge in [-0.2, -0.15) is 0 Å². The van der Waals surface area contributed by atoms with Gasteiger partial charge < -0.3 is 80.5 Å². The Morgan fingerprint density at radius 3 is 1.51 bits per heavy atom. The molecule has 3 amide bonds. The predicted molar refractivity (Wildman–Crippen MR) is 136 cm³/mol. The number of rotatable bonds is 10. The highest BCUT2D eigenvalue weighted by molar-refractivity contribution is 5.74. The van der Waals surface area contributed by atoms with E-state index in [1.165, 1.54) is 0 Å². The number of hydrogen-bond acceptors (Lipinski definition) is 16. The second-order valence-electron chi connectivity index (χ2n) is 10.5. The molecule has 0 aromatic heterocycles. The van der Waals surface area contributed by atoms with E-state index in [0.717, 1.165) is 20.8 Å². The zero-order valence-corrected chi connectivity index (χ0v) is 23.6. The van der Waals surface area contributed by atoms with Crippen LogP contribution in [0.3, 0.4) is 0 Å². The Bertz CT molecular complexity index is 962. The first-order valence-corrected chi connectivity index (χ1v) is 13.5. The van der Waals surface area contributed by atoms with Crippen molar-refractivity contribution in [2.24, 2.45) is 0 Å². The Hall–Kier alpha value is -2.11. The molecule has 19 nitrogen and oxygen atoms in total. The number of ether oxygens (including phenoxy) is 5. The van der Waals surface area contributed by atoms with E-state index in [1.807, 2.05) is 0 Å². The molecule has 43 heavy (non-hydrogen) atoms. The molecule has 3 fully saturated rings. The maximum Gasteiger partial charge on any atom is 0.217 e. The highest BCUT2D eigenvalue weighted by atomic mass is 16.7. The van der Waals surface area contributed by atoms with Crippen LogP contribution in [0.2, 0.25) is 0 Å². The number of aliphatic hydroxyl groups is 8. The molecule has 3 aliphatic heterocycles. The summed E-state index contributed by atoms with van der Waals surface area (Å²) in [4.78, 5) is 35.8. The Labute approximate surface area is 245 Å². The van der Waals surface area contributed by atoms with Gasteiger partial charge in [0.2, 0.25) is 17.7 Å². The van der Waals surface area contributed by atoms with Crippen LogP contribution in [0.1, 0.15) is 20.8 Å². The first kappa shape index (κ1) is 35.4. The lowest BCUT2D eigenvalue weighted by Gasteiger charge is -2.50. The molecule has 0 unspecified atom stereocenters. The van der Waals surface area contributed by atoms with E-state index >= 15 is 0 Å². The number of aliphatic hydroxyl groups excluding tert-OH is 8. The average Bonchev–Trinajstić information content (AvgIpc) is 2.94. The standard InChI is InChI=1S/C24H41N3O16/c1-7(31)25-13-19(37)20(12(6-30)39-22(13)38)42-24-15(27-9(3)33)21(17(35)11(5-29)41-24)43-23-14(26-8(2)32)18(36)16(34)10(4-28)40-23/h10-24,28-30,34-38H,4-6H2,1-3H3,(H,25,31)(H,26,32)(H,27,33)/t10-,11-,12-,13-,14-,15-,16+,17+,18-,19-,20-,21-,22-,23+,24+/m1/s1. The number of amides is 3. The third-order valence-corrected chi connectivity index (χ3v) is 7.30. The average molecular weight is 628 g/mol. The van der Waals surface area contributed by atoms with Crippen molar-refractivity contribution in [3.63, 3.8) is 0 Å². The summed E-state index contributed by atoms with van der Waals surface area (Å²) < 4.78 is 28.4. The van der Waals surface area contributed by atoms with Crippen LogP contribution in [0.25, 0.3) is 0 Å². The minimum absolute atomic E-state index is 0.635. The third kappa shape index (κ3) is 8.14. The lowest BCUT2D eigenvalue weighted by molar-refractivity contribution is -0.349. The molecular formula is C24H41N3O16. The number of nitrogens with one attached hydrogen (secondary N) is 3. The van der Waals surface area contributed by atoms with E-state index in [9.17, 15) is 55.2 Å². The van der Waals surface area contributed by atoms with Crippen LogP contribution in [0.15, 0.2) is 0 Å². The molecule has 0 spiro atoms. The van der Waals surface area contributed by atoms with Crippen LogP contribution < -0.4 is 16.0 Å². The van der Waals surface area contributed by atoms with Crippen molar-refractivity contribution < 1.29 is 78.9 Å². The molecule has 0 bridgehead atoms. The van der Waals surface area contributed by atoms with Crippen molar-refractivity contribution >= 4 is 17.7 Å². The van der Waals surface area contributed by atoms with Crippen molar-refractivity contribution in [1.29, 1.82) is 0 Å². The Morgan fingerprint density at radius 1 is 0.558 bits per heavy atom. The number of carbonyl (C=O) groups excluding carboxylic acids is 3. The lowest BCUT2D eigenvalue weighted by Crippen LogP contribution is -2.71. The lowest BCUT2D eigenvalue weighted by atomic mass is 9.93. The molecule has 3 heterocycles. The largest absolute Gasteiger partial charge is 0.394 e. The molecule has 0 saturated carbocycles. The summed E-state index contributed by atoms with van der Waals surface area (Å²) in [5.74, 6) is -1.99. The van der Waals surface area contributed by atoms with Gasteiger partial charge in [0.15, 0.2) is 18.9 Å². The highest BCUT2D eigenvalue weighted by Gasteiger charge is 2.54. The summed E-state index contributed by atoms with van der Waals surface area (Å²) in [6.45, 7) is 0.963. The van der Waals surface area contributed by atoms with Crippen molar-refractivity contribution in [3.8, 4) is 0 Å². The van der Waals surface area contributed by atoms with Crippen molar-refractivity contribution in [2.45, 2.75) is 113 Å². The zero-order chi connectivity index (χ0) is 32.2. The summed E-state index contributed by atoms with van der Waals surface area (Å²) in [5, 5.41) is 89.9. The van der Waals surface area contributed by atoms with Crippen LogP contribution in [0.5, 0.6) is 0 Å². The monoisotopic (exact) mass is 627 g/mol. The van der Waals surface area contributed by atoms with E-state index in [0.29, 0.717) is 0 Å². The molecule has 0 radical (unpaired) electrons. The van der Waals surface area contributed by atoms with Gasteiger partial charge in [-0.25, -0.2) is 0 Å². The Kier molecular flexibility index (Phi) is 12.5. The van der Waals surface area contributed by atoms with Crippen LogP contribution in [0, 0.1) is 0 Å². The molecule has 0 aromatic rings. The maximum atomic E-state index is 12.3. The molecule has 0 aliphatic carbocycles. The van der Waals surface area contributed by atoms with Crippen molar-refractivity contribution in [2.75, 3.05) is 19.8 Å². The van der Waals surface area contributed by atoms with Gasteiger partial charge in [0, 0.05) is 20.8 Å². The number of carbonyl (C=O) groups is 3. The SMILES string of the molecule is CC(=O)N[C@@H]1[C@@H](O)[C@H](O[C@@H]2O[C@H](CO)[C@H](O)[C@H](O[C@@H]3O[C@H](CO)[C@H](O)[C@H](O)[C@H]3NC(C)=O)[C@H]2NC(C)=O)[C@@H](CO)O[C@H]1O. The topological polar surface area (TPSA) is 295 Å². The minimum atomic E-state index is -1.74. The summed E-state index contributed by atoms with van der Waals surface area (Å²) in [5.41, 5.74) is 0. The first-order chi connectivity index (χ1) is 20.2. The molecule has 15 atom stereocenters. The smallest absolute Gasteiger partial charge is 0.217 e. The fourth-order valence-electron chi connectivity index (χ4n) is 5.27. The third-order valence-electron chi connectivity index (χ3n) is 7.30. The first-order valence-electron chi connectivity index (χ1n) is 13.5. The van der Waals surface area contributed by atoms with Gasteiger partial charge in [0.1, 0.15) is 73.1 Å². The molecular weight excluding hydrogens is 586 g/mol. The second-order valence-corrected chi connectivity index (χ2v) is 10.5. The van der Waals surface area contributed by atoms with E-state index < -0.39 is 129 Å². The highest BCUT2D eigenvalue weighted by Crippen LogP contribution is 2.32. The Morgan fingerprint density at radius 2 is 1.00 bits per heavy atom. The van der Waals surface area contributed by atoms with Gasteiger partial charge >= 0.3 is 0 Å². The number of hydrogen-bond donors (Lipinski definition) is 11. The van der Waals surface area contributed by atoms with Gasteiger partial charge in [-0.05, 0) is 0 Å². The van der Waals surface area contributed by atoms with Crippen molar-refractivity contribution in [3.05, 3.63) is 0 Å². The second kappa shape index (κ2) is 15.3. The summed E-state index contributed by atoms with van der Waals surface area (Å²) in [7, 11) is 0. The molecule has 3 aliphatic rings. The van der Waals surface area contributed by atoms with E-state index in [2.05, 4.69) is 16.0 Å². The Balaban J connectivity index is 1.97. The predicted octanol–water partition coefficient (Wildman–Crippen LogP) is -7.14. The van der Waals surface area contributed by atoms with Crippen LogP contribution in [-0.2, 0) is 38.1 Å². The van der Waals surface area contributed by atoms with Gasteiger partial charge in [0.25, 0.3) is 0 Å². The van der Waals surface area contributed by atoms with Crippen LogP contribution in [-0.4, -0.2) is 170 Å². The molecule has 11 N–H and O–H groups in total. The normalized spacial score (nSPS) is 43.5. The minimum Gasteiger partial charge on any atom is -0.394 e. The maximum absolute atomic E-state index is 12.3.